The molecule has 2 rings (SSSR count). The van der Waals surface area contributed by atoms with E-state index in [1.165, 1.54) is 0 Å². The summed E-state index contributed by atoms with van der Waals surface area (Å²) in [6.07, 6.45) is 3.48. The second-order valence-electron chi connectivity index (χ2n) is 3.49. The van der Waals surface area contributed by atoms with Gasteiger partial charge >= 0.3 is 6.03 Å². The third-order valence-electron chi connectivity index (χ3n) is 2.20. The molecule has 2 aromatic heterocycles. The number of nitrogens with zero attached hydrogens (tertiary/aromatic N) is 2. The van der Waals surface area contributed by atoms with E-state index in [4.69, 9.17) is 0 Å². The third-order valence-corrected chi connectivity index (χ3v) is 2.20. The Bertz CT molecular complexity index is 513. The number of hydrogen-bond acceptors (Lipinski definition) is 2. The smallest absolute Gasteiger partial charge is 0.272 e. The lowest BCUT2D eigenvalue weighted by Crippen LogP contribution is -2.35. The fourth-order valence-electron chi connectivity index (χ4n) is 1.35. The predicted octanol–water partition coefficient (Wildman–Crippen LogP) is 1.55. The fraction of sp³-hybridized carbons (Fsp3) is 0.0833. The van der Waals surface area contributed by atoms with Crippen molar-refractivity contribution >= 4 is 17.7 Å². The lowest BCUT2D eigenvalue weighted by atomic mass is 10.4. The molecule has 86 valence electrons. The monoisotopic (exact) mass is 229 g/mol. The van der Waals surface area contributed by atoms with Crippen molar-refractivity contribution in [3.05, 3.63) is 48.8 Å². The summed E-state index contributed by atoms with van der Waals surface area (Å²) in [7, 11) is 1.86. The highest BCUT2D eigenvalue weighted by molar-refractivity contribution is 5.98. The Morgan fingerprint density at radius 2 is 2.00 bits per heavy atom. The van der Waals surface area contributed by atoms with Crippen LogP contribution in [0.15, 0.2) is 48.8 Å². The van der Waals surface area contributed by atoms with Crippen LogP contribution in [0.3, 0.4) is 0 Å². The minimum absolute atomic E-state index is 0.314. The van der Waals surface area contributed by atoms with Gasteiger partial charge in [-0.25, -0.2) is 14.3 Å². The predicted molar refractivity (Wildman–Crippen MR) is 64.5 cm³/mol. The molecule has 0 aromatic carbocycles. The van der Waals surface area contributed by atoms with E-state index in [0.29, 0.717) is 11.6 Å². The molecule has 0 saturated heterocycles. The summed E-state index contributed by atoms with van der Waals surface area (Å²) < 4.78 is 1.82. The highest BCUT2D eigenvalue weighted by atomic mass is 16.2. The molecule has 0 radical (unpaired) electrons. The van der Waals surface area contributed by atoms with Crippen LogP contribution in [0.4, 0.5) is 16.4 Å². The van der Waals surface area contributed by atoms with Crippen LogP contribution < -0.4 is 15.2 Å². The van der Waals surface area contributed by atoms with E-state index in [1.807, 2.05) is 42.1 Å². The summed E-state index contributed by atoms with van der Waals surface area (Å²) in [4.78, 5) is 15.7. The van der Waals surface area contributed by atoms with Crippen LogP contribution >= 0.6 is 0 Å². The summed E-state index contributed by atoms with van der Waals surface area (Å²) in [5, 5.41) is 5.37. The molecular formula is C12H13N4O+. The number of pyridine rings is 2. The minimum Gasteiger partial charge on any atom is -0.272 e. The van der Waals surface area contributed by atoms with Crippen molar-refractivity contribution in [2.75, 3.05) is 10.6 Å². The highest BCUT2D eigenvalue weighted by Crippen LogP contribution is 2.02. The largest absolute Gasteiger partial charge is 0.412 e. The molecule has 0 fully saturated rings. The normalized spacial score (nSPS) is 9.71. The summed E-state index contributed by atoms with van der Waals surface area (Å²) in [5.74, 6) is 1.23. The average Bonchev–Trinajstić information content (AvgIpc) is 2.33. The van der Waals surface area contributed by atoms with Gasteiger partial charge in [0.05, 0.1) is 13.2 Å². The first-order valence-electron chi connectivity index (χ1n) is 5.19. The van der Waals surface area contributed by atoms with Crippen LogP contribution in [0.5, 0.6) is 0 Å². The number of aryl methyl sites for hydroxylation is 1. The van der Waals surface area contributed by atoms with Gasteiger partial charge in [-0.3, -0.25) is 5.32 Å². The molecular weight excluding hydrogens is 216 g/mol. The summed E-state index contributed by atoms with van der Waals surface area (Å²) in [5.41, 5.74) is 0. The van der Waals surface area contributed by atoms with Gasteiger partial charge in [-0.05, 0) is 18.2 Å². The van der Waals surface area contributed by atoms with E-state index in [1.54, 1.807) is 18.3 Å². The molecule has 0 aliphatic heterocycles. The van der Waals surface area contributed by atoms with E-state index in [9.17, 15) is 4.79 Å². The van der Waals surface area contributed by atoms with Gasteiger partial charge in [0.2, 0.25) is 0 Å². The van der Waals surface area contributed by atoms with E-state index in [-0.39, 0.29) is 6.03 Å². The van der Waals surface area contributed by atoms with Crippen molar-refractivity contribution in [2.24, 2.45) is 7.05 Å². The molecule has 17 heavy (non-hydrogen) atoms. The molecule has 2 heterocycles. The Labute approximate surface area is 99.1 Å². The van der Waals surface area contributed by atoms with Crippen LogP contribution in [-0.2, 0) is 7.05 Å². The Morgan fingerprint density at radius 1 is 1.18 bits per heavy atom. The van der Waals surface area contributed by atoms with Crippen molar-refractivity contribution in [3.63, 3.8) is 0 Å². The Morgan fingerprint density at radius 3 is 2.71 bits per heavy atom. The number of carbonyl (C=O) groups is 1. The van der Waals surface area contributed by atoms with Crippen LogP contribution in [-0.4, -0.2) is 11.0 Å². The molecule has 0 aliphatic rings. The van der Waals surface area contributed by atoms with Gasteiger partial charge in [0.25, 0.3) is 5.82 Å². The van der Waals surface area contributed by atoms with Crippen LogP contribution in [0.1, 0.15) is 0 Å². The number of amides is 2. The summed E-state index contributed by atoms with van der Waals surface area (Å²) in [6, 6.07) is 10.6. The highest BCUT2D eigenvalue weighted by Gasteiger charge is 2.11. The van der Waals surface area contributed by atoms with E-state index < -0.39 is 0 Å². The van der Waals surface area contributed by atoms with Gasteiger partial charge in [-0.1, -0.05) is 12.1 Å². The van der Waals surface area contributed by atoms with Crippen molar-refractivity contribution in [3.8, 4) is 0 Å². The fourth-order valence-corrected chi connectivity index (χ4v) is 1.35. The molecule has 0 unspecified atom stereocenters. The van der Waals surface area contributed by atoms with Crippen LogP contribution in [0.2, 0.25) is 0 Å². The van der Waals surface area contributed by atoms with Crippen molar-refractivity contribution in [2.45, 2.75) is 0 Å². The van der Waals surface area contributed by atoms with Crippen LogP contribution in [0.25, 0.3) is 0 Å². The SMILES string of the molecule is C[n+]1ccccc1NC(=O)Nc1ccccn1. The van der Waals surface area contributed by atoms with Crippen molar-refractivity contribution < 1.29 is 9.36 Å². The molecule has 2 N–H and O–H groups in total. The van der Waals surface area contributed by atoms with Crippen molar-refractivity contribution in [1.29, 1.82) is 0 Å². The maximum atomic E-state index is 11.7. The zero-order valence-corrected chi connectivity index (χ0v) is 9.42. The minimum atomic E-state index is -0.314. The van der Waals surface area contributed by atoms with Crippen molar-refractivity contribution in [1.82, 2.24) is 4.98 Å². The summed E-state index contributed by atoms with van der Waals surface area (Å²) in [6.45, 7) is 0. The lowest BCUT2D eigenvalue weighted by molar-refractivity contribution is -0.656. The maximum absolute atomic E-state index is 11.7. The molecule has 0 bridgehead atoms. The lowest BCUT2D eigenvalue weighted by Gasteiger charge is -2.02. The molecule has 5 nitrogen and oxygen atoms in total. The number of hydrogen-bond donors (Lipinski definition) is 2. The third kappa shape index (κ3) is 3.01. The number of anilines is 2. The van der Waals surface area contributed by atoms with Gasteiger partial charge in [-0.2, -0.15) is 5.32 Å². The standard InChI is InChI=1S/C12H12N4O/c1-16-9-5-3-7-11(16)15-12(17)14-10-6-2-4-8-13-10/h2-9H,1H3,(H,13,14,17)/p+1. The first kappa shape index (κ1) is 11.1. The number of urea groups is 1. The van der Waals surface area contributed by atoms with Gasteiger partial charge in [0.15, 0.2) is 0 Å². The first-order chi connectivity index (χ1) is 8.25. The second kappa shape index (κ2) is 5.07. The number of nitrogens with one attached hydrogen (secondary N) is 2. The van der Waals surface area contributed by atoms with E-state index in [0.717, 1.165) is 0 Å². The molecule has 2 amide bonds. The average molecular weight is 229 g/mol. The number of rotatable bonds is 2. The van der Waals surface area contributed by atoms with Gasteiger partial charge < -0.3 is 0 Å². The molecule has 2 aromatic rings. The zero-order chi connectivity index (χ0) is 12.1. The van der Waals surface area contributed by atoms with E-state index >= 15 is 0 Å². The first-order valence-corrected chi connectivity index (χ1v) is 5.19. The Kier molecular flexibility index (Phi) is 3.30. The zero-order valence-electron chi connectivity index (χ0n) is 9.42. The van der Waals surface area contributed by atoms with Gasteiger partial charge in [0, 0.05) is 12.3 Å². The molecule has 0 spiro atoms. The van der Waals surface area contributed by atoms with Gasteiger partial charge in [-0.15, -0.1) is 0 Å². The van der Waals surface area contributed by atoms with E-state index in [2.05, 4.69) is 15.6 Å². The molecule has 5 heteroatoms. The molecule has 0 atom stereocenters. The van der Waals surface area contributed by atoms with Crippen LogP contribution in [0, 0.1) is 0 Å². The second-order valence-corrected chi connectivity index (χ2v) is 3.49. The Hall–Kier alpha value is -2.43. The quantitative estimate of drug-likeness (QED) is 0.768. The number of carbonyl (C=O) groups excluding carboxylic acids is 1. The molecule has 0 aliphatic carbocycles. The molecule has 0 saturated carbocycles. The van der Waals surface area contributed by atoms with Gasteiger partial charge in [0.1, 0.15) is 5.82 Å². The summed E-state index contributed by atoms with van der Waals surface area (Å²) >= 11 is 0. The Balaban J connectivity index is 2.01. The maximum Gasteiger partial charge on any atom is 0.412 e. The topological polar surface area (TPSA) is 57.9 Å². The number of aromatic nitrogens is 2.